The Hall–Kier alpha value is -2.36. The van der Waals surface area contributed by atoms with Crippen molar-refractivity contribution < 1.29 is 9.90 Å². The van der Waals surface area contributed by atoms with Crippen LogP contribution >= 0.6 is 0 Å². The van der Waals surface area contributed by atoms with Crippen molar-refractivity contribution in [1.82, 2.24) is 9.38 Å². The summed E-state index contributed by atoms with van der Waals surface area (Å²) >= 11 is 0. The van der Waals surface area contributed by atoms with Crippen LogP contribution in [0.3, 0.4) is 0 Å². The molecule has 3 aromatic rings. The van der Waals surface area contributed by atoms with Gasteiger partial charge >= 0.3 is 5.97 Å². The van der Waals surface area contributed by atoms with Crippen LogP contribution in [0, 0.1) is 0 Å². The highest BCUT2D eigenvalue weighted by atomic mass is 16.4. The lowest BCUT2D eigenvalue weighted by Crippen LogP contribution is -1.97. The molecule has 2 aromatic heterocycles. The Balaban J connectivity index is 2.41. The maximum absolute atomic E-state index is 10.8. The maximum atomic E-state index is 10.8. The molecule has 1 N–H and O–H groups in total. The molecule has 0 bridgehead atoms. The molecule has 0 radical (unpaired) electrons. The molecule has 4 heteroatoms. The fourth-order valence-corrected chi connectivity index (χ4v) is 1.82. The van der Waals surface area contributed by atoms with Gasteiger partial charge in [0.05, 0.1) is 28.3 Å². The third-order valence-electron chi connectivity index (χ3n) is 2.60. The lowest BCUT2D eigenvalue weighted by Gasteiger charge is -2.02. The smallest absolute Gasteiger partial charge is 0.335 e. The van der Waals surface area contributed by atoms with Gasteiger partial charge in [0.2, 0.25) is 0 Å². The molecule has 16 heavy (non-hydrogen) atoms. The zero-order valence-electron chi connectivity index (χ0n) is 8.29. The summed E-state index contributed by atoms with van der Waals surface area (Å²) in [5.41, 5.74) is 2.85. The molecule has 4 nitrogen and oxygen atoms in total. The second kappa shape index (κ2) is 3.06. The molecule has 78 valence electrons. The van der Waals surface area contributed by atoms with Gasteiger partial charge in [0.25, 0.3) is 0 Å². The van der Waals surface area contributed by atoms with E-state index in [0.29, 0.717) is 5.52 Å². The zero-order chi connectivity index (χ0) is 11.1. The molecule has 3 rings (SSSR count). The molecule has 0 unspecified atom stereocenters. The third kappa shape index (κ3) is 1.16. The first-order chi connectivity index (χ1) is 7.75. The number of hydrogen-bond acceptors (Lipinski definition) is 2. The van der Waals surface area contributed by atoms with Crippen molar-refractivity contribution in [2.75, 3.05) is 0 Å². The molecular weight excluding hydrogens is 204 g/mol. The fraction of sp³-hybridized carbons (Fsp3) is 0. The second-order valence-electron chi connectivity index (χ2n) is 3.57. The van der Waals surface area contributed by atoms with Crippen LogP contribution in [-0.2, 0) is 0 Å². The normalized spacial score (nSPS) is 11.0. The van der Waals surface area contributed by atoms with E-state index in [1.54, 1.807) is 24.4 Å². The van der Waals surface area contributed by atoms with Crippen molar-refractivity contribution in [3.05, 3.63) is 48.3 Å². The Bertz CT molecular complexity index is 700. The van der Waals surface area contributed by atoms with Crippen molar-refractivity contribution >= 4 is 22.5 Å². The van der Waals surface area contributed by atoms with Crippen molar-refractivity contribution in [3.8, 4) is 0 Å². The van der Waals surface area contributed by atoms with Gasteiger partial charge in [-0.25, -0.2) is 4.79 Å². The summed E-state index contributed by atoms with van der Waals surface area (Å²) < 4.78 is 1.98. The minimum Gasteiger partial charge on any atom is -0.478 e. The molecule has 0 fully saturated rings. The van der Waals surface area contributed by atoms with Gasteiger partial charge < -0.3 is 9.51 Å². The first kappa shape index (κ1) is 8.91. The second-order valence-corrected chi connectivity index (χ2v) is 3.57. The van der Waals surface area contributed by atoms with E-state index in [4.69, 9.17) is 5.11 Å². The van der Waals surface area contributed by atoms with Gasteiger partial charge in [-0.15, -0.1) is 0 Å². The Kier molecular flexibility index (Phi) is 1.71. The highest BCUT2D eigenvalue weighted by molar-refractivity contribution is 5.92. The van der Waals surface area contributed by atoms with Gasteiger partial charge in [-0.1, -0.05) is 0 Å². The number of hydrogen-bond donors (Lipinski definition) is 1. The largest absolute Gasteiger partial charge is 0.478 e. The number of fused-ring (bicyclic) bond motifs is 3. The Morgan fingerprint density at radius 2 is 2.19 bits per heavy atom. The van der Waals surface area contributed by atoms with Crippen LogP contribution < -0.4 is 0 Å². The Morgan fingerprint density at radius 1 is 1.31 bits per heavy atom. The number of aromatic nitrogens is 2. The maximum Gasteiger partial charge on any atom is 0.335 e. The summed E-state index contributed by atoms with van der Waals surface area (Å²) in [6, 6.07) is 8.83. The molecule has 0 aliphatic heterocycles. The van der Waals surface area contributed by atoms with E-state index in [-0.39, 0.29) is 5.56 Å². The van der Waals surface area contributed by atoms with Crippen molar-refractivity contribution in [2.24, 2.45) is 0 Å². The SMILES string of the molecule is O=C(O)c1ccc2c(c1)ncc1cccn12. The Labute approximate surface area is 90.8 Å². The van der Waals surface area contributed by atoms with Crippen LogP contribution in [0.4, 0.5) is 0 Å². The van der Waals surface area contributed by atoms with Crippen molar-refractivity contribution in [1.29, 1.82) is 0 Å². The number of aromatic carboxylic acids is 1. The lowest BCUT2D eigenvalue weighted by molar-refractivity contribution is 0.0697. The van der Waals surface area contributed by atoms with E-state index in [1.165, 1.54) is 0 Å². The molecule has 1 aromatic carbocycles. The predicted octanol–water partition coefficient (Wildman–Crippen LogP) is 2.19. The molecule has 2 heterocycles. The monoisotopic (exact) mass is 212 g/mol. The standard InChI is InChI=1S/C12H8N2O2/c15-12(16)8-3-4-11-10(6-8)13-7-9-2-1-5-14(9)11/h1-7H,(H,15,16). The average molecular weight is 212 g/mol. The van der Waals surface area contributed by atoms with E-state index in [0.717, 1.165) is 11.0 Å². The van der Waals surface area contributed by atoms with Gasteiger partial charge in [-0.05, 0) is 30.3 Å². The van der Waals surface area contributed by atoms with Crippen LogP contribution in [0.2, 0.25) is 0 Å². The van der Waals surface area contributed by atoms with Crippen molar-refractivity contribution in [3.63, 3.8) is 0 Å². The number of nitrogens with zero attached hydrogens (tertiary/aromatic N) is 2. The van der Waals surface area contributed by atoms with Crippen LogP contribution in [0.5, 0.6) is 0 Å². The van der Waals surface area contributed by atoms with Gasteiger partial charge in [0.15, 0.2) is 0 Å². The van der Waals surface area contributed by atoms with Crippen molar-refractivity contribution in [2.45, 2.75) is 0 Å². The summed E-state index contributed by atoms with van der Waals surface area (Å²) in [5.74, 6) is -0.934. The van der Waals surface area contributed by atoms with E-state index < -0.39 is 5.97 Å². The highest BCUT2D eigenvalue weighted by Crippen LogP contribution is 2.16. The van der Waals surface area contributed by atoms with E-state index in [1.807, 2.05) is 22.7 Å². The molecule has 0 saturated carbocycles. The van der Waals surface area contributed by atoms with Gasteiger partial charge in [-0.3, -0.25) is 4.98 Å². The lowest BCUT2D eigenvalue weighted by atomic mass is 10.2. The fourth-order valence-electron chi connectivity index (χ4n) is 1.82. The quantitative estimate of drug-likeness (QED) is 0.672. The number of rotatable bonds is 1. The number of carboxylic acids is 1. The molecule has 0 spiro atoms. The van der Waals surface area contributed by atoms with E-state index in [9.17, 15) is 4.79 Å². The Morgan fingerprint density at radius 3 is 3.00 bits per heavy atom. The van der Waals surface area contributed by atoms with Crippen LogP contribution in [0.1, 0.15) is 10.4 Å². The summed E-state index contributed by atoms with van der Waals surface area (Å²) in [5, 5.41) is 8.88. The topological polar surface area (TPSA) is 54.6 Å². The molecular formula is C12H8N2O2. The number of carboxylic acid groups (broad SMARTS) is 1. The minimum atomic E-state index is -0.934. The summed E-state index contributed by atoms with van der Waals surface area (Å²) in [6.07, 6.45) is 3.66. The zero-order valence-corrected chi connectivity index (χ0v) is 8.29. The van der Waals surface area contributed by atoms with Crippen LogP contribution in [-0.4, -0.2) is 20.5 Å². The average Bonchev–Trinajstić information content (AvgIpc) is 2.76. The van der Waals surface area contributed by atoms with Crippen LogP contribution in [0.15, 0.2) is 42.7 Å². The number of carbonyl (C=O) groups is 1. The molecule has 0 atom stereocenters. The predicted molar refractivity (Wildman–Crippen MR) is 59.7 cm³/mol. The molecule has 0 aliphatic rings. The van der Waals surface area contributed by atoms with Gasteiger partial charge in [-0.2, -0.15) is 0 Å². The minimum absolute atomic E-state index is 0.256. The summed E-state index contributed by atoms with van der Waals surface area (Å²) in [4.78, 5) is 15.1. The third-order valence-corrected chi connectivity index (χ3v) is 2.60. The summed E-state index contributed by atoms with van der Waals surface area (Å²) in [7, 11) is 0. The van der Waals surface area contributed by atoms with E-state index >= 15 is 0 Å². The number of benzene rings is 1. The highest BCUT2D eigenvalue weighted by Gasteiger charge is 2.06. The molecule has 0 saturated heterocycles. The first-order valence-electron chi connectivity index (χ1n) is 4.85. The first-order valence-corrected chi connectivity index (χ1v) is 4.85. The van der Waals surface area contributed by atoms with Gasteiger partial charge in [0, 0.05) is 6.20 Å². The van der Waals surface area contributed by atoms with E-state index in [2.05, 4.69) is 4.98 Å². The summed E-state index contributed by atoms with van der Waals surface area (Å²) in [6.45, 7) is 0. The molecule has 0 aliphatic carbocycles. The van der Waals surface area contributed by atoms with Crippen LogP contribution in [0.25, 0.3) is 16.6 Å². The van der Waals surface area contributed by atoms with Gasteiger partial charge in [0.1, 0.15) is 0 Å². The molecule has 0 amide bonds.